The van der Waals surface area contributed by atoms with Crippen LogP contribution in [0.3, 0.4) is 0 Å². The SMILES string of the molecule is CCCCCN(C)C(CC)C(NCCC)c1ccccc1. The van der Waals surface area contributed by atoms with Crippen LogP contribution in [0.4, 0.5) is 0 Å². The van der Waals surface area contributed by atoms with Gasteiger partial charge in [0, 0.05) is 12.1 Å². The summed E-state index contributed by atoms with van der Waals surface area (Å²) in [5.41, 5.74) is 1.42. The third kappa shape index (κ3) is 6.19. The molecule has 120 valence electrons. The van der Waals surface area contributed by atoms with E-state index in [-0.39, 0.29) is 0 Å². The Morgan fingerprint density at radius 1 is 1.00 bits per heavy atom. The summed E-state index contributed by atoms with van der Waals surface area (Å²) >= 11 is 0. The van der Waals surface area contributed by atoms with Gasteiger partial charge in [0.2, 0.25) is 0 Å². The summed E-state index contributed by atoms with van der Waals surface area (Å²) < 4.78 is 0. The van der Waals surface area contributed by atoms with Gasteiger partial charge in [-0.1, -0.05) is 63.9 Å². The molecule has 0 radical (unpaired) electrons. The van der Waals surface area contributed by atoms with E-state index in [0.717, 1.165) is 6.54 Å². The normalized spacial score (nSPS) is 14.3. The predicted octanol–water partition coefficient (Wildman–Crippen LogP) is 4.63. The maximum absolute atomic E-state index is 3.77. The minimum absolute atomic E-state index is 0.433. The Kier molecular flexibility index (Phi) is 9.36. The van der Waals surface area contributed by atoms with E-state index in [1.807, 2.05) is 0 Å². The van der Waals surface area contributed by atoms with Crippen molar-refractivity contribution in [2.45, 2.75) is 65.0 Å². The van der Waals surface area contributed by atoms with Crippen molar-refractivity contribution in [3.05, 3.63) is 35.9 Å². The van der Waals surface area contributed by atoms with Gasteiger partial charge in [0.05, 0.1) is 0 Å². The number of unbranched alkanes of at least 4 members (excludes halogenated alkanes) is 2. The van der Waals surface area contributed by atoms with Crippen LogP contribution in [-0.2, 0) is 0 Å². The maximum Gasteiger partial charge on any atom is 0.0477 e. The van der Waals surface area contributed by atoms with Crippen LogP contribution in [0.25, 0.3) is 0 Å². The van der Waals surface area contributed by atoms with Crippen LogP contribution in [0.1, 0.15) is 64.5 Å². The van der Waals surface area contributed by atoms with E-state index in [9.17, 15) is 0 Å². The van der Waals surface area contributed by atoms with E-state index >= 15 is 0 Å². The van der Waals surface area contributed by atoms with Crippen molar-refractivity contribution in [1.82, 2.24) is 10.2 Å². The summed E-state index contributed by atoms with van der Waals surface area (Å²) in [4.78, 5) is 2.55. The fourth-order valence-electron chi connectivity index (χ4n) is 3.02. The Hall–Kier alpha value is -0.860. The molecule has 1 rings (SSSR count). The second kappa shape index (κ2) is 10.8. The van der Waals surface area contributed by atoms with Crippen molar-refractivity contribution >= 4 is 0 Å². The average Bonchev–Trinajstić information content (AvgIpc) is 2.52. The van der Waals surface area contributed by atoms with Gasteiger partial charge in [-0.05, 0) is 45.0 Å². The molecular weight excluding hydrogens is 256 g/mol. The van der Waals surface area contributed by atoms with Gasteiger partial charge in [0.1, 0.15) is 0 Å². The van der Waals surface area contributed by atoms with Gasteiger partial charge in [0.15, 0.2) is 0 Å². The summed E-state index contributed by atoms with van der Waals surface area (Å²) in [6, 6.07) is 11.9. The molecule has 0 saturated carbocycles. The first-order valence-electron chi connectivity index (χ1n) is 8.73. The van der Waals surface area contributed by atoms with Gasteiger partial charge >= 0.3 is 0 Å². The lowest BCUT2D eigenvalue weighted by Crippen LogP contribution is -2.43. The molecule has 2 heteroatoms. The highest BCUT2D eigenvalue weighted by Gasteiger charge is 2.24. The zero-order valence-corrected chi connectivity index (χ0v) is 14.4. The van der Waals surface area contributed by atoms with E-state index in [2.05, 4.69) is 68.4 Å². The standard InChI is InChI=1S/C19H34N2/c1-5-8-12-16-21(4)18(7-3)19(20-15-6-2)17-13-10-9-11-14-17/h9-11,13-14,18-20H,5-8,12,15-16H2,1-4H3. The molecule has 2 atom stereocenters. The largest absolute Gasteiger partial charge is 0.309 e. The zero-order valence-electron chi connectivity index (χ0n) is 14.4. The molecular formula is C19H34N2. The van der Waals surface area contributed by atoms with Crippen LogP contribution in [0.5, 0.6) is 0 Å². The van der Waals surface area contributed by atoms with Crippen LogP contribution in [0, 0.1) is 0 Å². The van der Waals surface area contributed by atoms with Crippen LogP contribution in [0.15, 0.2) is 30.3 Å². The van der Waals surface area contributed by atoms with E-state index in [4.69, 9.17) is 0 Å². The molecule has 0 bridgehead atoms. The van der Waals surface area contributed by atoms with Gasteiger partial charge in [0.25, 0.3) is 0 Å². The highest BCUT2D eigenvalue weighted by molar-refractivity contribution is 5.20. The van der Waals surface area contributed by atoms with E-state index in [1.165, 1.54) is 44.2 Å². The molecule has 0 aromatic heterocycles. The molecule has 0 spiro atoms. The number of nitrogens with one attached hydrogen (secondary N) is 1. The third-order valence-corrected chi connectivity index (χ3v) is 4.26. The molecule has 2 unspecified atom stereocenters. The van der Waals surface area contributed by atoms with Crippen molar-refractivity contribution in [2.75, 3.05) is 20.1 Å². The average molecular weight is 290 g/mol. The molecule has 0 aliphatic heterocycles. The Morgan fingerprint density at radius 2 is 1.71 bits per heavy atom. The minimum Gasteiger partial charge on any atom is -0.309 e. The lowest BCUT2D eigenvalue weighted by molar-refractivity contribution is 0.183. The summed E-state index contributed by atoms with van der Waals surface area (Å²) in [7, 11) is 2.29. The van der Waals surface area contributed by atoms with Gasteiger partial charge in [-0.15, -0.1) is 0 Å². The summed E-state index contributed by atoms with van der Waals surface area (Å²) in [5, 5.41) is 3.77. The van der Waals surface area contributed by atoms with Crippen LogP contribution < -0.4 is 5.32 Å². The molecule has 0 fully saturated rings. The molecule has 0 aliphatic rings. The van der Waals surface area contributed by atoms with Crippen LogP contribution in [-0.4, -0.2) is 31.1 Å². The van der Waals surface area contributed by atoms with Crippen molar-refractivity contribution in [3.8, 4) is 0 Å². The molecule has 1 aromatic carbocycles. The summed E-state index contributed by atoms with van der Waals surface area (Å²) in [6.07, 6.45) is 6.29. The fourth-order valence-corrected chi connectivity index (χ4v) is 3.02. The highest BCUT2D eigenvalue weighted by atomic mass is 15.2. The molecule has 0 aliphatic carbocycles. The second-order valence-corrected chi connectivity index (χ2v) is 6.01. The lowest BCUT2D eigenvalue weighted by Gasteiger charge is -2.35. The van der Waals surface area contributed by atoms with E-state index < -0.39 is 0 Å². The Balaban J connectivity index is 2.77. The van der Waals surface area contributed by atoms with Crippen LogP contribution >= 0.6 is 0 Å². The van der Waals surface area contributed by atoms with Crippen molar-refractivity contribution < 1.29 is 0 Å². The third-order valence-electron chi connectivity index (χ3n) is 4.26. The van der Waals surface area contributed by atoms with E-state index in [0.29, 0.717) is 12.1 Å². The Morgan fingerprint density at radius 3 is 2.29 bits per heavy atom. The van der Waals surface area contributed by atoms with E-state index in [1.54, 1.807) is 0 Å². The van der Waals surface area contributed by atoms with Gasteiger partial charge < -0.3 is 10.2 Å². The molecule has 1 N–H and O–H groups in total. The predicted molar refractivity (Wildman–Crippen MR) is 93.7 cm³/mol. The molecule has 0 saturated heterocycles. The number of nitrogens with zero attached hydrogens (tertiary/aromatic N) is 1. The number of likely N-dealkylation sites (N-methyl/N-ethyl adjacent to an activating group) is 1. The molecule has 2 nitrogen and oxygen atoms in total. The van der Waals surface area contributed by atoms with Crippen molar-refractivity contribution in [3.63, 3.8) is 0 Å². The summed E-state index contributed by atoms with van der Waals surface area (Å²) in [5.74, 6) is 0. The van der Waals surface area contributed by atoms with Gasteiger partial charge in [-0.25, -0.2) is 0 Å². The molecule has 1 aromatic rings. The smallest absolute Gasteiger partial charge is 0.0477 e. The number of benzene rings is 1. The quantitative estimate of drug-likeness (QED) is 0.598. The fraction of sp³-hybridized carbons (Fsp3) is 0.684. The highest BCUT2D eigenvalue weighted by Crippen LogP contribution is 2.23. The van der Waals surface area contributed by atoms with Crippen LogP contribution in [0.2, 0.25) is 0 Å². The summed E-state index contributed by atoms with van der Waals surface area (Å²) in [6.45, 7) is 9.10. The number of rotatable bonds is 11. The van der Waals surface area contributed by atoms with Crippen molar-refractivity contribution in [2.24, 2.45) is 0 Å². The Bertz CT molecular complexity index is 350. The topological polar surface area (TPSA) is 15.3 Å². The maximum atomic E-state index is 3.77. The van der Waals surface area contributed by atoms with Gasteiger partial charge in [-0.3, -0.25) is 0 Å². The Labute approximate surface area is 131 Å². The second-order valence-electron chi connectivity index (χ2n) is 6.01. The zero-order chi connectivity index (χ0) is 15.5. The monoisotopic (exact) mass is 290 g/mol. The molecule has 0 amide bonds. The lowest BCUT2D eigenvalue weighted by atomic mass is 9.95. The number of hydrogen-bond acceptors (Lipinski definition) is 2. The minimum atomic E-state index is 0.433. The first-order valence-corrected chi connectivity index (χ1v) is 8.73. The van der Waals surface area contributed by atoms with Crippen molar-refractivity contribution in [1.29, 1.82) is 0 Å². The first kappa shape index (κ1) is 18.2. The molecule has 21 heavy (non-hydrogen) atoms. The number of hydrogen-bond donors (Lipinski definition) is 1. The van der Waals surface area contributed by atoms with Gasteiger partial charge in [-0.2, -0.15) is 0 Å². The first-order chi connectivity index (χ1) is 10.2. The molecule has 0 heterocycles.